The number of carbonyl (C=O) groups excluding carboxylic acids is 1. The molecule has 0 aromatic rings. The molecule has 1 amide bonds. The van der Waals surface area contributed by atoms with Crippen molar-refractivity contribution in [1.29, 1.82) is 0 Å². The third-order valence-corrected chi connectivity index (χ3v) is 1.85. The summed E-state index contributed by atoms with van der Waals surface area (Å²) in [6.07, 6.45) is 0.671. The molecule has 1 aliphatic heterocycles. The van der Waals surface area contributed by atoms with Gasteiger partial charge in [0.1, 0.15) is 0 Å². The van der Waals surface area contributed by atoms with Crippen molar-refractivity contribution < 1.29 is 4.79 Å². The van der Waals surface area contributed by atoms with Gasteiger partial charge in [-0.3, -0.25) is 4.79 Å². The number of halogens is 1. The van der Waals surface area contributed by atoms with Crippen LogP contribution in [-0.2, 0) is 4.79 Å². The van der Waals surface area contributed by atoms with Crippen molar-refractivity contribution in [3.63, 3.8) is 0 Å². The van der Waals surface area contributed by atoms with Gasteiger partial charge in [0.15, 0.2) is 0 Å². The molecule has 0 spiro atoms. The average molecular weight is 207 g/mol. The van der Waals surface area contributed by atoms with Gasteiger partial charge in [-0.2, -0.15) is 0 Å². The molecule has 0 radical (unpaired) electrons. The van der Waals surface area contributed by atoms with Crippen LogP contribution >= 0.6 is 12.4 Å². The monoisotopic (exact) mass is 206 g/mol. The predicted molar refractivity (Wildman–Crippen MR) is 56.1 cm³/mol. The highest BCUT2D eigenvalue weighted by Crippen LogP contribution is 2.09. The molecule has 4 heteroatoms. The minimum absolute atomic E-state index is 0. The highest BCUT2D eigenvalue weighted by Gasteiger charge is 2.22. The fraction of sp³-hybridized carbons (Fsp3) is 0.889. The Bertz CT molecular complexity index is 173. The van der Waals surface area contributed by atoms with E-state index in [2.05, 4.69) is 10.6 Å². The molecule has 13 heavy (non-hydrogen) atoms. The maximum atomic E-state index is 11.3. The minimum atomic E-state index is -0.0890. The van der Waals surface area contributed by atoms with Crippen LogP contribution in [0.25, 0.3) is 0 Å². The topological polar surface area (TPSA) is 41.1 Å². The molecule has 2 N–H and O–H groups in total. The molecule has 1 heterocycles. The molecule has 0 bridgehead atoms. The highest BCUT2D eigenvalue weighted by molar-refractivity contribution is 5.85. The van der Waals surface area contributed by atoms with Crippen LogP contribution in [0, 0.1) is 5.92 Å². The molecule has 0 unspecified atom stereocenters. The summed E-state index contributed by atoms with van der Waals surface area (Å²) in [6.45, 7) is 8.01. The van der Waals surface area contributed by atoms with E-state index >= 15 is 0 Å². The average Bonchev–Trinajstić information content (AvgIpc) is 1.74. The van der Waals surface area contributed by atoms with Gasteiger partial charge in [0.2, 0.25) is 5.91 Å². The molecule has 0 atom stereocenters. The molecular formula is C9H19ClN2O. The molecule has 78 valence electrons. The van der Waals surface area contributed by atoms with Crippen molar-refractivity contribution in [3.8, 4) is 0 Å². The summed E-state index contributed by atoms with van der Waals surface area (Å²) in [6, 6.07) is 0. The van der Waals surface area contributed by atoms with E-state index in [4.69, 9.17) is 0 Å². The van der Waals surface area contributed by atoms with Crippen LogP contribution in [0.2, 0.25) is 0 Å². The maximum Gasteiger partial charge on any atom is 0.220 e. The predicted octanol–water partition coefficient (Wildman–Crippen LogP) is 0.932. The van der Waals surface area contributed by atoms with Crippen molar-refractivity contribution in [2.24, 2.45) is 5.92 Å². The lowest BCUT2D eigenvalue weighted by atomic mass is 9.98. The smallest absolute Gasteiger partial charge is 0.220 e. The number of nitrogens with one attached hydrogen (secondary N) is 2. The third-order valence-electron chi connectivity index (χ3n) is 1.85. The summed E-state index contributed by atoms with van der Waals surface area (Å²) < 4.78 is 0. The van der Waals surface area contributed by atoms with Crippen molar-refractivity contribution in [2.45, 2.75) is 32.7 Å². The van der Waals surface area contributed by atoms with E-state index in [0.29, 0.717) is 12.3 Å². The van der Waals surface area contributed by atoms with Crippen LogP contribution in [0.4, 0.5) is 0 Å². The molecular weight excluding hydrogens is 188 g/mol. The quantitative estimate of drug-likeness (QED) is 0.706. The number of amides is 1. The van der Waals surface area contributed by atoms with Crippen molar-refractivity contribution in [2.75, 3.05) is 13.1 Å². The largest absolute Gasteiger partial charge is 0.351 e. The molecule has 1 aliphatic rings. The summed E-state index contributed by atoms with van der Waals surface area (Å²) in [7, 11) is 0. The molecule has 1 rings (SSSR count). The molecule has 1 fully saturated rings. The molecule has 3 nitrogen and oxygen atoms in total. The van der Waals surface area contributed by atoms with E-state index in [1.54, 1.807) is 0 Å². The van der Waals surface area contributed by atoms with Gasteiger partial charge in [-0.05, 0) is 39.8 Å². The van der Waals surface area contributed by atoms with Crippen molar-refractivity contribution in [1.82, 2.24) is 10.6 Å². The molecule has 0 saturated carbocycles. The zero-order chi connectivity index (χ0) is 9.19. The fourth-order valence-electron chi connectivity index (χ4n) is 1.22. The van der Waals surface area contributed by atoms with E-state index < -0.39 is 0 Å². The Morgan fingerprint density at radius 2 is 2.00 bits per heavy atom. The highest BCUT2D eigenvalue weighted by atomic mass is 35.5. The van der Waals surface area contributed by atoms with Gasteiger partial charge in [-0.15, -0.1) is 12.4 Å². The normalized spacial score (nSPS) is 17.2. The first-order valence-corrected chi connectivity index (χ1v) is 4.49. The second-order valence-corrected chi connectivity index (χ2v) is 4.53. The third kappa shape index (κ3) is 5.11. The first-order chi connectivity index (χ1) is 5.47. The number of carbonyl (C=O) groups is 1. The minimum Gasteiger partial charge on any atom is -0.351 e. The maximum absolute atomic E-state index is 11.3. The fourth-order valence-corrected chi connectivity index (χ4v) is 1.22. The van der Waals surface area contributed by atoms with E-state index in [-0.39, 0.29) is 23.9 Å². The Hall–Kier alpha value is -0.280. The Morgan fingerprint density at radius 3 is 2.31 bits per heavy atom. The van der Waals surface area contributed by atoms with E-state index in [0.717, 1.165) is 13.1 Å². The Labute approximate surface area is 86.1 Å². The van der Waals surface area contributed by atoms with Gasteiger partial charge >= 0.3 is 0 Å². The van der Waals surface area contributed by atoms with E-state index in [1.165, 1.54) is 0 Å². The lowest BCUT2D eigenvalue weighted by Crippen LogP contribution is -2.47. The van der Waals surface area contributed by atoms with E-state index in [1.807, 2.05) is 20.8 Å². The second kappa shape index (κ2) is 4.82. The van der Waals surface area contributed by atoms with Crippen LogP contribution in [-0.4, -0.2) is 24.5 Å². The van der Waals surface area contributed by atoms with Crippen molar-refractivity contribution in [3.05, 3.63) is 0 Å². The van der Waals surface area contributed by atoms with Crippen LogP contribution in [0.15, 0.2) is 0 Å². The van der Waals surface area contributed by atoms with Gasteiger partial charge < -0.3 is 10.6 Å². The van der Waals surface area contributed by atoms with Crippen LogP contribution in [0.1, 0.15) is 27.2 Å². The first-order valence-electron chi connectivity index (χ1n) is 4.49. The lowest BCUT2D eigenvalue weighted by molar-refractivity contribution is -0.123. The summed E-state index contributed by atoms with van der Waals surface area (Å²) in [5.74, 6) is 0.737. The Balaban J connectivity index is 0.00000144. The van der Waals surface area contributed by atoms with Crippen LogP contribution < -0.4 is 10.6 Å². The van der Waals surface area contributed by atoms with Gasteiger partial charge in [0.25, 0.3) is 0 Å². The molecule has 0 aromatic carbocycles. The summed E-state index contributed by atoms with van der Waals surface area (Å²) in [4.78, 5) is 11.3. The number of hydrogen-bond donors (Lipinski definition) is 2. The van der Waals surface area contributed by atoms with Crippen LogP contribution in [0.3, 0.4) is 0 Å². The summed E-state index contributed by atoms with van der Waals surface area (Å²) in [5, 5.41) is 6.10. The standard InChI is InChI=1S/C9H18N2O.ClH/c1-9(2,3)11-8(12)4-7-5-10-6-7;/h7,10H,4-6H2,1-3H3,(H,11,12);1H. The zero-order valence-corrected chi connectivity index (χ0v) is 9.33. The number of rotatable bonds is 2. The Morgan fingerprint density at radius 1 is 1.46 bits per heavy atom. The number of hydrogen-bond acceptors (Lipinski definition) is 2. The first kappa shape index (κ1) is 12.7. The second-order valence-electron chi connectivity index (χ2n) is 4.53. The SMILES string of the molecule is CC(C)(C)NC(=O)CC1CNC1.Cl. The lowest BCUT2D eigenvalue weighted by Gasteiger charge is -2.28. The van der Waals surface area contributed by atoms with Gasteiger partial charge in [0, 0.05) is 12.0 Å². The van der Waals surface area contributed by atoms with E-state index in [9.17, 15) is 4.79 Å². The van der Waals surface area contributed by atoms with Crippen LogP contribution in [0.5, 0.6) is 0 Å². The van der Waals surface area contributed by atoms with Gasteiger partial charge in [0.05, 0.1) is 0 Å². The molecule has 0 aromatic heterocycles. The molecule has 0 aliphatic carbocycles. The van der Waals surface area contributed by atoms with Crippen molar-refractivity contribution >= 4 is 18.3 Å². The Kier molecular flexibility index (Phi) is 4.71. The van der Waals surface area contributed by atoms with Gasteiger partial charge in [-0.1, -0.05) is 0 Å². The molecule has 1 saturated heterocycles. The van der Waals surface area contributed by atoms with Gasteiger partial charge in [-0.25, -0.2) is 0 Å². The zero-order valence-electron chi connectivity index (χ0n) is 8.52. The summed E-state index contributed by atoms with van der Waals surface area (Å²) >= 11 is 0. The summed E-state index contributed by atoms with van der Waals surface area (Å²) in [5.41, 5.74) is -0.0890.